The summed E-state index contributed by atoms with van der Waals surface area (Å²) in [4.78, 5) is 28.2. The molecule has 0 saturated heterocycles. The standard InChI is InChI=1S/C20H15FN2O5/c1-27-17-7-12-13(8-18(17)28-2)19(24)23(9-14(12)20(25)26)16-6-10(21)5-15-11(16)3-4-22-15/h3-9,22H,1-2H3,(H,25,26)/i1D3,2D3. The number of hydrogen-bond donors (Lipinski definition) is 2. The van der Waals surface area contributed by atoms with Crippen molar-refractivity contribution in [3.63, 3.8) is 0 Å². The molecule has 2 aromatic heterocycles. The van der Waals surface area contributed by atoms with Gasteiger partial charge in [0.25, 0.3) is 5.56 Å². The van der Waals surface area contributed by atoms with E-state index in [1.807, 2.05) is 0 Å². The number of nitrogens with one attached hydrogen (secondary N) is 1. The molecule has 2 N–H and O–H groups in total. The number of carboxylic acids is 1. The van der Waals surface area contributed by atoms with E-state index in [1.165, 1.54) is 12.3 Å². The number of aromatic nitrogens is 2. The normalized spacial score (nSPS) is 15.2. The number of fused-ring (bicyclic) bond motifs is 2. The van der Waals surface area contributed by atoms with Crippen LogP contribution in [-0.4, -0.2) is 34.7 Å². The van der Waals surface area contributed by atoms with Gasteiger partial charge in [-0.1, -0.05) is 0 Å². The molecule has 0 amide bonds. The van der Waals surface area contributed by atoms with Gasteiger partial charge >= 0.3 is 5.97 Å². The van der Waals surface area contributed by atoms with E-state index in [4.69, 9.17) is 17.7 Å². The van der Waals surface area contributed by atoms with Gasteiger partial charge in [0.1, 0.15) is 5.82 Å². The largest absolute Gasteiger partial charge is 0.493 e. The third-order valence-electron chi connectivity index (χ3n) is 4.40. The number of carboxylic acid groups (broad SMARTS) is 1. The van der Waals surface area contributed by atoms with Gasteiger partial charge in [-0.2, -0.15) is 0 Å². The van der Waals surface area contributed by atoms with Crippen LogP contribution >= 0.6 is 0 Å². The molecule has 0 aliphatic heterocycles. The topological polar surface area (TPSA) is 93.5 Å². The Morgan fingerprint density at radius 2 is 1.86 bits per heavy atom. The molecule has 2 heterocycles. The van der Waals surface area contributed by atoms with E-state index in [0.717, 1.165) is 29.0 Å². The van der Waals surface area contributed by atoms with Gasteiger partial charge < -0.3 is 19.6 Å². The van der Waals surface area contributed by atoms with Gasteiger partial charge in [0.05, 0.1) is 44.5 Å². The molecule has 0 atom stereocenters. The van der Waals surface area contributed by atoms with Gasteiger partial charge in [-0.15, -0.1) is 0 Å². The van der Waals surface area contributed by atoms with E-state index < -0.39 is 48.5 Å². The van der Waals surface area contributed by atoms with Crippen molar-refractivity contribution in [3.05, 3.63) is 64.5 Å². The molecule has 0 spiro atoms. The van der Waals surface area contributed by atoms with Crippen LogP contribution in [0.3, 0.4) is 0 Å². The van der Waals surface area contributed by atoms with E-state index in [2.05, 4.69) is 4.98 Å². The van der Waals surface area contributed by atoms with E-state index in [9.17, 15) is 19.1 Å². The second kappa shape index (κ2) is 6.41. The zero-order chi connectivity index (χ0) is 25.0. The number of methoxy groups -OCH3 is 2. The summed E-state index contributed by atoms with van der Waals surface area (Å²) in [5.41, 5.74) is -0.888. The Kier molecular flexibility index (Phi) is 2.71. The number of pyridine rings is 1. The SMILES string of the molecule is [2H]C([2H])([2H])Oc1cc2c(C(=O)O)cn(-c3cc(F)cc4[nH]ccc34)c(=O)c2cc1OC([2H])([2H])[2H]. The predicted octanol–water partition coefficient (Wildman–Crippen LogP) is 3.33. The lowest BCUT2D eigenvalue weighted by Crippen LogP contribution is -2.21. The van der Waals surface area contributed by atoms with Crippen LogP contribution in [0.2, 0.25) is 0 Å². The van der Waals surface area contributed by atoms with Crippen LogP contribution in [0.25, 0.3) is 27.4 Å². The molecule has 142 valence electrons. The van der Waals surface area contributed by atoms with Gasteiger partial charge in [-0.05, 0) is 30.3 Å². The van der Waals surface area contributed by atoms with Crippen LogP contribution in [0, 0.1) is 5.82 Å². The Balaban J connectivity index is 2.09. The van der Waals surface area contributed by atoms with Crippen LogP contribution in [0.5, 0.6) is 11.5 Å². The van der Waals surface area contributed by atoms with Gasteiger partial charge in [-0.25, -0.2) is 9.18 Å². The smallest absolute Gasteiger partial charge is 0.337 e. The Morgan fingerprint density at radius 1 is 1.14 bits per heavy atom. The second-order valence-electron chi connectivity index (χ2n) is 5.94. The Hall–Kier alpha value is -3.81. The summed E-state index contributed by atoms with van der Waals surface area (Å²) >= 11 is 0. The molecule has 2 aromatic carbocycles. The Bertz CT molecular complexity index is 1510. The number of nitrogens with zero attached hydrogens (tertiary/aromatic N) is 1. The minimum absolute atomic E-state index is 0.0340. The quantitative estimate of drug-likeness (QED) is 0.559. The van der Waals surface area contributed by atoms with Crippen LogP contribution < -0.4 is 15.0 Å². The number of benzene rings is 2. The monoisotopic (exact) mass is 388 g/mol. The number of ether oxygens (including phenoxy) is 2. The number of aromatic carboxylic acids is 1. The van der Waals surface area contributed by atoms with Crippen LogP contribution in [0.15, 0.2) is 47.5 Å². The highest BCUT2D eigenvalue weighted by Crippen LogP contribution is 2.33. The third-order valence-corrected chi connectivity index (χ3v) is 4.40. The molecule has 4 aromatic rings. The number of hydrogen-bond acceptors (Lipinski definition) is 4. The summed E-state index contributed by atoms with van der Waals surface area (Å²) in [5.74, 6) is -3.38. The van der Waals surface area contributed by atoms with E-state index in [0.29, 0.717) is 10.9 Å². The lowest BCUT2D eigenvalue weighted by atomic mass is 10.1. The van der Waals surface area contributed by atoms with Crippen molar-refractivity contribution in [2.24, 2.45) is 0 Å². The van der Waals surface area contributed by atoms with E-state index in [-0.39, 0.29) is 16.5 Å². The fourth-order valence-corrected chi connectivity index (χ4v) is 3.17. The van der Waals surface area contributed by atoms with Crippen molar-refractivity contribution in [3.8, 4) is 17.2 Å². The van der Waals surface area contributed by atoms with Crippen molar-refractivity contribution in [1.29, 1.82) is 0 Å². The molecular weight excluding hydrogens is 367 g/mol. The zero-order valence-electron chi connectivity index (χ0n) is 19.9. The highest BCUT2D eigenvalue weighted by atomic mass is 19.1. The minimum Gasteiger partial charge on any atom is -0.493 e. The Morgan fingerprint density at radius 3 is 2.54 bits per heavy atom. The van der Waals surface area contributed by atoms with Gasteiger partial charge in [0.2, 0.25) is 0 Å². The van der Waals surface area contributed by atoms with E-state index in [1.54, 1.807) is 6.07 Å². The Labute approximate surface area is 166 Å². The lowest BCUT2D eigenvalue weighted by molar-refractivity contribution is 0.0698. The van der Waals surface area contributed by atoms with Gasteiger partial charge in [0, 0.05) is 23.2 Å². The summed E-state index contributed by atoms with van der Waals surface area (Å²) in [5, 5.41) is 9.66. The minimum atomic E-state index is -3.04. The first-order valence-corrected chi connectivity index (χ1v) is 7.85. The fourth-order valence-electron chi connectivity index (χ4n) is 3.17. The van der Waals surface area contributed by atoms with Gasteiger partial charge in [0.15, 0.2) is 11.5 Å². The molecule has 0 saturated carbocycles. The van der Waals surface area contributed by atoms with Crippen LogP contribution in [0.1, 0.15) is 18.6 Å². The molecule has 8 heteroatoms. The summed E-state index contributed by atoms with van der Waals surface area (Å²) in [7, 11) is -6.07. The number of H-pyrrole nitrogens is 1. The van der Waals surface area contributed by atoms with E-state index >= 15 is 0 Å². The lowest BCUT2D eigenvalue weighted by Gasteiger charge is -2.14. The molecule has 0 unspecified atom stereocenters. The maximum atomic E-state index is 14.2. The average molecular weight is 388 g/mol. The van der Waals surface area contributed by atoms with Crippen LogP contribution in [-0.2, 0) is 0 Å². The molecule has 0 aliphatic carbocycles. The van der Waals surface area contributed by atoms with Crippen molar-refractivity contribution < 1.29 is 32.0 Å². The molecular formula is C20H15FN2O5. The molecule has 0 fully saturated rings. The van der Waals surface area contributed by atoms with Crippen molar-refractivity contribution in [2.45, 2.75) is 0 Å². The first kappa shape index (κ1) is 11.8. The zero-order valence-corrected chi connectivity index (χ0v) is 13.9. The molecule has 28 heavy (non-hydrogen) atoms. The maximum Gasteiger partial charge on any atom is 0.337 e. The van der Waals surface area contributed by atoms with Crippen molar-refractivity contribution >= 4 is 27.6 Å². The fraction of sp³-hybridized carbons (Fsp3) is 0.100. The van der Waals surface area contributed by atoms with Crippen molar-refractivity contribution in [1.82, 2.24) is 9.55 Å². The van der Waals surface area contributed by atoms with Crippen LogP contribution in [0.4, 0.5) is 4.39 Å². The molecule has 0 bridgehead atoms. The number of aromatic amines is 1. The number of carbonyl (C=O) groups is 1. The average Bonchev–Trinajstić information content (AvgIpc) is 3.14. The van der Waals surface area contributed by atoms with Gasteiger partial charge in [-0.3, -0.25) is 9.36 Å². The summed E-state index contributed by atoms with van der Waals surface area (Å²) in [6.45, 7) is 0. The molecule has 7 nitrogen and oxygen atoms in total. The second-order valence-corrected chi connectivity index (χ2v) is 5.94. The number of rotatable bonds is 4. The highest BCUT2D eigenvalue weighted by molar-refractivity contribution is 6.04. The summed E-state index contributed by atoms with van der Waals surface area (Å²) in [6.07, 6.45) is 2.48. The maximum absolute atomic E-state index is 14.2. The first-order valence-electron chi connectivity index (χ1n) is 10.9. The number of halogens is 1. The highest BCUT2D eigenvalue weighted by Gasteiger charge is 2.19. The third kappa shape index (κ3) is 2.58. The summed E-state index contributed by atoms with van der Waals surface area (Å²) < 4.78 is 68.7. The molecule has 0 aliphatic rings. The molecule has 0 radical (unpaired) electrons. The first-order chi connectivity index (χ1) is 15.7. The molecule has 4 rings (SSSR count). The summed E-state index contributed by atoms with van der Waals surface area (Å²) in [6, 6.07) is 5.61. The predicted molar refractivity (Wildman–Crippen MR) is 101 cm³/mol. The van der Waals surface area contributed by atoms with Crippen molar-refractivity contribution in [2.75, 3.05) is 14.1 Å².